The van der Waals surface area contributed by atoms with Gasteiger partial charge in [-0.25, -0.2) is 8.78 Å². The molecule has 0 radical (unpaired) electrons. The Bertz CT molecular complexity index is 406. The van der Waals surface area contributed by atoms with E-state index in [0.717, 1.165) is 12.5 Å². The summed E-state index contributed by atoms with van der Waals surface area (Å²) in [5.41, 5.74) is 0.258. The van der Waals surface area contributed by atoms with E-state index in [4.69, 9.17) is 4.74 Å². The third kappa shape index (κ3) is 2.82. The molecular formula is C13H17F2NO. The van der Waals surface area contributed by atoms with Crippen LogP contribution in [0, 0.1) is 11.6 Å². The van der Waals surface area contributed by atoms with Crippen molar-refractivity contribution in [1.82, 2.24) is 5.32 Å². The molecule has 1 aromatic carbocycles. The van der Waals surface area contributed by atoms with E-state index in [-0.39, 0.29) is 11.1 Å². The second-order valence-electron chi connectivity index (χ2n) is 5.02. The quantitative estimate of drug-likeness (QED) is 0.816. The summed E-state index contributed by atoms with van der Waals surface area (Å²) in [4.78, 5) is 0. The van der Waals surface area contributed by atoms with Gasteiger partial charge in [0.2, 0.25) is 0 Å². The molecule has 2 rings (SSSR count). The van der Waals surface area contributed by atoms with Crippen molar-refractivity contribution in [2.24, 2.45) is 0 Å². The third-order valence-corrected chi connectivity index (χ3v) is 3.14. The van der Waals surface area contributed by atoms with Crippen LogP contribution in [0.15, 0.2) is 18.2 Å². The van der Waals surface area contributed by atoms with Crippen molar-refractivity contribution >= 4 is 0 Å². The van der Waals surface area contributed by atoms with Crippen LogP contribution in [-0.4, -0.2) is 18.7 Å². The average molecular weight is 241 g/mol. The summed E-state index contributed by atoms with van der Waals surface area (Å²) < 4.78 is 32.4. The van der Waals surface area contributed by atoms with Gasteiger partial charge < -0.3 is 10.1 Å². The molecule has 1 aliphatic rings. The first-order chi connectivity index (χ1) is 7.99. The third-order valence-electron chi connectivity index (χ3n) is 3.14. The minimum absolute atomic E-state index is 0.0292. The van der Waals surface area contributed by atoms with Crippen molar-refractivity contribution in [3.63, 3.8) is 0 Å². The van der Waals surface area contributed by atoms with Crippen LogP contribution in [0.4, 0.5) is 8.78 Å². The Labute approximate surface area is 100.0 Å². The van der Waals surface area contributed by atoms with E-state index in [2.05, 4.69) is 19.2 Å². The van der Waals surface area contributed by atoms with E-state index in [1.54, 1.807) is 6.07 Å². The fraction of sp³-hybridized carbons (Fsp3) is 0.538. The van der Waals surface area contributed by atoms with Gasteiger partial charge in [-0.3, -0.25) is 0 Å². The zero-order valence-corrected chi connectivity index (χ0v) is 10.1. The zero-order chi connectivity index (χ0) is 12.5. The lowest BCUT2D eigenvalue weighted by Crippen LogP contribution is -2.39. The van der Waals surface area contributed by atoms with E-state index >= 15 is 0 Å². The molecule has 2 nitrogen and oxygen atoms in total. The summed E-state index contributed by atoms with van der Waals surface area (Å²) >= 11 is 0. The van der Waals surface area contributed by atoms with Crippen molar-refractivity contribution in [3.05, 3.63) is 35.4 Å². The van der Waals surface area contributed by atoms with Crippen LogP contribution in [0.1, 0.15) is 31.9 Å². The van der Waals surface area contributed by atoms with Gasteiger partial charge in [0.15, 0.2) is 11.6 Å². The summed E-state index contributed by atoms with van der Waals surface area (Å²) in [6.07, 6.45) is 0.424. The first-order valence-electron chi connectivity index (χ1n) is 5.80. The minimum Gasteiger partial charge on any atom is -0.372 e. The summed E-state index contributed by atoms with van der Waals surface area (Å²) in [6.45, 7) is 5.18. The predicted molar refractivity (Wildman–Crippen MR) is 61.7 cm³/mol. The number of benzene rings is 1. The maximum Gasteiger partial charge on any atom is 0.164 e. The monoisotopic (exact) mass is 241 g/mol. The van der Waals surface area contributed by atoms with Crippen LogP contribution in [0.2, 0.25) is 0 Å². The topological polar surface area (TPSA) is 21.3 Å². The van der Waals surface area contributed by atoms with Crippen molar-refractivity contribution in [1.29, 1.82) is 0 Å². The van der Waals surface area contributed by atoms with Crippen molar-refractivity contribution in [2.45, 2.75) is 31.9 Å². The summed E-state index contributed by atoms with van der Waals surface area (Å²) in [5, 5.41) is 3.30. The Morgan fingerprint density at radius 3 is 2.88 bits per heavy atom. The van der Waals surface area contributed by atoms with Crippen LogP contribution in [0.25, 0.3) is 0 Å². The largest absolute Gasteiger partial charge is 0.372 e. The first-order valence-corrected chi connectivity index (χ1v) is 5.80. The highest BCUT2D eigenvalue weighted by atomic mass is 19.2. The van der Waals surface area contributed by atoms with Crippen LogP contribution in [-0.2, 0) is 4.74 Å². The second-order valence-corrected chi connectivity index (χ2v) is 5.02. The average Bonchev–Trinajstić information content (AvgIpc) is 2.44. The van der Waals surface area contributed by atoms with Gasteiger partial charge in [0, 0.05) is 24.3 Å². The van der Waals surface area contributed by atoms with Gasteiger partial charge in [0.05, 0.1) is 6.10 Å². The highest BCUT2D eigenvalue weighted by Gasteiger charge is 2.26. The van der Waals surface area contributed by atoms with Gasteiger partial charge >= 0.3 is 0 Å². The van der Waals surface area contributed by atoms with Gasteiger partial charge in [0.1, 0.15) is 0 Å². The molecule has 17 heavy (non-hydrogen) atoms. The first kappa shape index (κ1) is 12.5. The molecule has 0 spiro atoms. The summed E-state index contributed by atoms with van der Waals surface area (Å²) in [5.74, 6) is -1.63. The van der Waals surface area contributed by atoms with Crippen LogP contribution in [0.3, 0.4) is 0 Å². The number of halogens is 2. The molecule has 1 saturated heterocycles. The number of hydrogen-bond donors (Lipinski definition) is 1. The number of rotatable bonds is 1. The Morgan fingerprint density at radius 2 is 2.12 bits per heavy atom. The molecule has 1 fully saturated rings. The van der Waals surface area contributed by atoms with E-state index in [9.17, 15) is 8.78 Å². The van der Waals surface area contributed by atoms with Crippen LogP contribution in [0.5, 0.6) is 0 Å². The lowest BCUT2D eigenvalue weighted by Gasteiger charge is -2.23. The molecule has 0 saturated carbocycles. The summed E-state index contributed by atoms with van der Waals surface area (Å²) in [6, 6.07) is 4.20. The smallest absolute Gasteiger partial charge is 0.164 e. The van der Waals surface area contributed by atoms with Gasteiger partial charge in [0.25, 0.3) is 0 Å². The molecule has 1 atom stereocenters. The lowest BCUT2D eigenvalue weighted by molar-refractivity contribution is 0.0626. The molecule has 0 aromatic heterocycles. The fourth-order valence-corrected chi connectivity index (χ4v) is 1.94. The molecule has 1 aliphatic heterocycles. The standard InChI is InChI=1S/C13H17F2NO/c1-13(2)6-7-17-11(8-16-13)9-4-3-5-10(14)12(9)15/h3-5,11,16H,6-8H2,1-2H3. The molecule has 1 aromatic rings. The Balaban J connectivity index is 2.20. The second kappa shape index (κ2) is 4.70. The van der Waals surface area contributed by atoms with Gasteiger partial charge in [-0.1, -0.05) is 12.1 Å². The number of hydrogen-bond acceptors (Lipinski definition) is 2. The molecule has 1 heterocycles. The van der Waals surface area contributed by atoms with Crippen molar-refractivity contribution in [3.8, 4) is 0 Å². The Kier molecular flexibility index (Phi) is 3.45. The van der Waals surface area contributed by atoms with Gasteiger partial charge in [-0.15, -0.1) is 0 Å². The predicted octanol–water partition coefficient (Wildman–Crippen LogP) is 2.79. The molecular weight excluding hydrogens is 224 g/mol. The van der Waals surface area contributed by atoms with Crippen molar-refractivity contribution in [2.75, 3.05) is 13.2 Å². The molecule has 0 bridgehead atoms. The van der Waals surface area contributed by atoms with E-state index < -0.39 is 17.7 Å². The van der Waals surface area contributed by atoms with E-state index in [0.29, 0.717) is 13.2 Å². The molecule has 0 aliphatic carbocycles. The Morgan fingerprint density at radius 1 is 1.35 bits per heavy atom. The van der Waals surface area contributed by atoms with Crippen LogP contribution >= 0.6 is 0 Å². The number of ether oxygens (including phenoxy) is 1. The SMILES string of the molecule is CC1(C)CCOC(c2cccc(F)c2F)CN1. The molecule has 1 unspecified atom stereocenters. The Hall–Kier alpha value is -1.00. The maximum atomic E-state index is 13.6. The van der Waals surface area contributed by atoms with Crippen molar-refractivity contribution < 1.29 is 13.5 Å². The highest BCUT2D eigenvalue weighted by Crippen LogP contribution is 2.26. The molecule has 0 amide bonds. The fourth-order valence-electron chi connectivity index (χ4n) is 1.94. The minimum atomic E-state index is -0.824. The molecule has 4 heteroatoms. The van der Waals surface area contributed by atoms with E-state index in [1.165, 1.54) is 6.07 Å². The van der Waals surface area contributed by atoms with Crippen LogP contribution < -0.4 is 5.32 Å². The van der Waals surface area contributed by atoms with Gasteiger partial charge in [-0.2, -0.15) is 0 Å². The number of nitrogens with one attached hydrogen (secondary N) is 1. The highest BCUT2D eigenvalue weighted by molar-refractivity contribution is 5.22. The molecule has 94 valence electrons. The lowest BCUT2D eigenvalue weighted by atomic mass is 10.0. The maximum absolute atomic E-state index is 13.6. The van der Waals surface area contributed by atoms with E-state index in [1.807, 2.05) is 0 Å². The van der Waals surface area contributed by atoms with Gasteiger partial charge in [-0.05, 0) is 26.3 Å². The summed E-state index contributed by atoms with van der Waals surface area (Å²) in [7, 11) is 0. The zero-order valence-electron chi connectivity index (χ0n) is 10.1. The normalized spacial score (nSPS) is 24.4. The molecule has 1 N–H and O–H groups in total.